The first-order valence-corrected chi connectivity index (χ1v) is 32.3. The van der Waals surface area contributed by atoms with E-state index in [0.717, 1.165) is 44.5 Å². The summed E-state index contributed by atoms with van der Waals surface area (Å²) in [5.74, 6) is 2.30. The van der Waals surface area contributed by atoms with Gasteiger partial charge in [0.05, 0.1) is 46.1 Å². The van der Waals surface area contributed by atoms with Gasteiger partial charge in [-0.1, -0.05) is 27.7 Å². The van der Waals surface area contributed by atoms with Gasteiger partial charge in [-0.15, -0.1) is 0 Å². The van der Waals surface area contributed by atoms with Crippen LogP contribution in [0.15, 0.2) is 146 Å². The fraction of sp³-hybridized carbons (Fsp3) is 0.235. The number of nitro groups is 4. The molecule has 8 aromatic rings. The Bertz CT molecular complexity index is 3610. The number of ether oxygens (including phenoxy) is 4. The number of nitro benzene ring substituents is 4. The third-order valence-electron chi connectivity index (χ3n) is 14.7. The second kappa shape index (κ2) is 32.9. The number of thiocarbonyl (C=S) groups is 4. The maximum Gasteiger partial charge on any atom is 0.269 e. The van der Waals surface area contributed by atoms with Crippen LogP contribution in [-0.2, 0) is 25.7 Å². The van der Waals surface area contributed by atoms with E-state index < -0.39 is 19.7 Å². The quantitative estimate of drug-likeness (QED) is 0.0158. The summed E-state index contributed by atoms with van der Waals surface area (Å²) in [5, 5.41) is 73.3. The van der Waals surface area contributed by atoms with E-state index >= 15 is 0 Å². The second-order valence-corrected chi connectivity index (χ2v) is 23.8. The van der Waals surface area contributed by atoms with Crippen molar-refractivity contribution in [2.45, 2.75) is 79.1 Å². The Labute approximate surface area is 574 Å². The maximum atomic E-state index is 11.6. The van der Waals surface area contributed by atoms with Crippen LogP contribution in [0.5, 0.6) is 23.0 Å². The molecule has 1 aliphatic carbocycles. The number of rotatable bonds is 24. The van der Waals surface area contributed by atoms with Crippen molar-refractivity contribution in [1.29, 1.82) is 0 Å². The fourth-order valence-electron chi connectivity index (χ4n) is 10.6. The molecule has 24 nitrogen and oxygen atoms in total. The topological polar surface area (TPSA) is 306 Å². The number of benzene rings is 8. The molecular weight excluding hydrogens is 1310 g/mol. The molecule has 28 heteroatoms. The van der Waals surface area contributed by atoms with Gasteiger partial charge in [0.15, 0.2) is 20.4 Å². The van der Waals surface area contributed by atoms with Gasteiger partial charge in [0.25, 0.3) is 22.7 Å². The van der Waals surface area contributed by atoms with Gasteiger partial charge in [-0.2, -0.15) is 0 Å². The monoisotopic (exact) mass is 1370 g/mol. The van der Waals surface area contributed by atoms with Gasteiger partial charge in [0.1, 0.15) is 23.0 Å². The van der Waals surface area contributed by atoms with Crippen LogP contribution in [0.3, 0.4) is 0 Å². The highest BCUT2D eigenvalue weighted by atomic mass is 32.1. The van der Waals surface area contributed by atoms with E-state index in [-0.39, 0.29) is 68.9 Å². The van der Waals surface area contributed by atoms with Crippen LogP contribution < -0.4 is 61.5 Å². The highest BCUT2D eigenvalue weighted by Crippen LogP contribution is 2.43. The van der Waals surface area contributed by atoms with Crippen LogP contribution in [0.25, 0.3) is 0 Å². The zero-order chi connectivity index (χ0) is 68.4. The molecule has 0 spiro atoms. The third-order valence-corrected chi connectivity index (χ3v) is 15.5. The van der Waals surface area contributed by atoms with Crippen molar-refractivity contribution in [1.82, 2.24) is 0 Å². The Hall–Kier alpha value is -10.7. The molecule has 96 heavy (non-hydrogen) atoms. The normalized spacial score (nSPS) is 11.4. The summed E-state index contributed by atoms with van der Waals surface area (Å²) in [6.07, 6.45) is 3.37. The molecule has 9 rings (SSSR count). The van der Waals surface area contributed by atoms with E-state index in [9.17, 15) is 40.5 Å². The minimum Gasteiger partial charge on any atom is -0.493 e. The molecular formula is C68H68N12O12S4. The summed E-state index contributed by atoms with van der Waals surface area (Å²) in [5.41, 5.74) is 9.71. The van der Waals surface area contributed by atoms with Gasteiger partial charge in [0.2, 0.25) is 0 Å². The summed E-state index contributed by atoms with van der Waals surface area (Å²) in [6, 6.07) is 39.2. The van der Waals surface area contributed by atoms with Crippen LogP contribution in [0.4, 0.5) is 68.2 Å². The average Bonchev–Trinajstić information content (AvgIpc) is 0.782. The Morgan fingerprint density at radius 1 is 0.302 bits per heavy atom. The van der Waals surface area contributed by atoms with Crippen molar-refractivity contribution in [3.63, 3.8) is 0 Å². The van der Waals surface area contributed by atoms with Crippen LogP contribution in [0.1, 0.15) is 97.9 Å². The van der Waals surface area contributed by atoms with E-state index in [1.54, 1.807) is 48.5 Å². The Kier molecular flexibility index (Phi) is 23.9. The summed E-state index contributed by atoms with van der Waals surface area (Å²) in [6.45, 7) is 9.39. The van der Waals surface area contributed by atoms with Crippen LogP contribution >= 0.6 is 48.9 Å². The van der Waals surface area contributed by atoms with Gasteiger partial charge >= 0.3 is 0 Å². The highest BCUT2D eigenvalue weighted by Gasteiger charge is 2.26. The fourth-order valence-corrected chi connectivity index (χ4v) is 11.5. The minimum absolute atomic E-state index is 0.0851. The number of anilines is 8. The molecule has 8 aromatic carbocycles. The van der Waals surface area contributed by atoms with Crippen molar-refractivity contribution in [3.05, 3.63) is 231 Å². The Balaban J connectivity index is 1.28. The molecule has 0 unspecified atom stereocenters. The summed E-state index contributed by atoms with van der Waals surface area (Å²) in [7, 11) is 0. The van der Waals surface area contributed by atoms with Crippen LogP contribution in [0.2, 0.25) is 0 Å². The van der Waals surface area contributed by atoms with Gasteiger partial charge in [-0.25, -0.2) is 0 Å². The van der Waals surface area contributed by atoms with E-state index in [1.807, 2.05) is 76.2 Å². The SMILES string of the molecule is CCCOc1c2cc(NC(=S)Nc3ccc([N+](=O)[O-])cc3)cc1Cc1cc(NC(=S)Nc3ccc([N+](=O)[O-])cc3)cc(c1OCCC)Cc1cc(NC(=S)Nc3ccc([N+](=O)[O-])cc3)cc(c1OCCC)Cc1cc(NC(=S)Nc3ccc([N+](=O)[O-])cc3)cc(c1OCCC)C2. The van der Waals surface area contributed by atoms with Crippen molar-refractivity contribution in [2.75, 3.05) is 69.0 Å². The summed E-state index contributed by atoms with van der Waals surface area (Å²) >= 11 is 23.9. The Morgan fingerprint density at radius 2 is 0.458 bits per heavy atom. The van der Waals surface area contributed by atoms with Gasteiger partial charge in [-0.05, 0) is 172 Å². The molecule has 0 fully saturated rings. The van der Waals surface area contributed by atoms with Crippen molar-refractivity contribution in [3.8, 4) is 23.0 Å². The lowest BCUT2D eigenvalue weighted by Crippen LogP contribution is -2.20. The Morgan fingerprint density at radius 3 is 0.604 bits per heavy atom. The van der Waals surface area contributed by atoms with E-state index in [2.05, 4.69) is 42.5 Å². The van der Waals surface area contributed by atoms with Crippen LogP contribution in [-0.4, -0.2) is 66.6 Å². The first-order valence-electron chi connectivity index (χ1n) is 30.7. The standard InChI is InChI=1S/C68H68N12O12S4/c1-5-25-89-61-41-29-43-35-54(74-66(94)70-50-11-19-58(20-12-50)78(83)84)37-45(62(43)90-26-6-2)31-47-39-56(76-68(96)72-52-15-23-60(24-16-52)80(87)88)40-48(64(47)92-28-8-4)32-46-38-55(75-67(95)71-51-13-21-59(22-14-51)79(85)86)36-44(63(46)91-27-7-3)30-42(61)34-53(33-41)73-65(93)69-49-9-17-57(18-10-49)77(81)82/h9-24,33-40H,5-8,25-32H2,1-4H3,(H2,69,73,93)(H2,70,74,94)(H2,71,75,95)(H2,72,76,96). The molecule has 8 N–H and O–H groups in total. The number of nitrogens with zero attached hydrogens (tertiary/aromatic N) is 4. The summed E-state index contributed by atoms with van der Waals surface area (Å²) in [4.78, 5) is 44.4. The number of fused-ring (bicyclic) bond motifs is 8. The van der Waals surface area contributed by atoms with Crippen molar-refractivity contribution < 1.29 is 38.6 Å². The number of hydrogen-bond acceptors (Lipinski definition) is 16. The zero-order valence-electron chi connectivity index (χ0n) is 52.7. The molecule has 0 aromatic heterocycles. The molecule has 0 radical (unpaired) electrons. The minimum atomic E-state index is -0.479. The predicted molar refractivity (Wildman–Crippen MR) is 392 cm³/mol. The summed E-state index contributed by atoms with van der Waals surface area (Å²) < 4.78 is 27.7. The molecule has 496 valence electrons. The van der Waals surface area contributed by atoms with Gasteiger partial charge in [-0.3, -0.25) is 40.5 Å². The molecule has 1 aliphatic rings. The number of non-ortho nitro benzene ring substituents is 4. The number of hydrogen-bond donors (Lipinski definition) is 8. The predicted octanol–water partition coefficient (Wildman–Crippen LogP) is 16.4. The van der Waals surface area contributed by atoms with E-state index in [1.165, 1.54) is 48.5 Å². The first-order chi connectivity index (χ1) is 46.3. The van der Waals surface area contributed by atoms with Gasteiger partial charge in [0, 0.05) is 164 Å². The van der Waals surface area contributed by atoms with Gasteiger partial charge < -0.3 is 61.5 Å². The smallest absolute Gasteiger partial charge is 0.269 e. The molecule has 0 atom stereocenters. The van der Waals surface area contributed by atoms with Crippen molar-refractivity contribution in [2.24, 2.45) is 0 Å². The third kappa shape index (κ3) is 18.8. The van der Waals surface area contributed by atoms with E-state index in [0.29, 0.717) is 121 Å². The molecule has 8 bridgehead atoms. The molecule has 0 heterocycles. The molecule has 0 saturated heterocycles. The molecule has 0 saturated carbocycles. The maximum absolute atomic E-state index is 11.6. The lowest BCUT2D eigenvalue weighted by molar-refractivity contribution is -0.385. The average molecular weight is 1370 g/mol. The number of nitrogens with one attached hydrogen (secondary N) is 8. The van der Waals surface area contributed by atoms with Crippen LogP contribution in [0, 0.1) is 40.5 Å². The zero-order valence-corrected chi connectivity index (χ0v) is 55.9. The van der Waals surface area contributed by atoms with E-state index in [4.69, 9.17) is 67.8 Å². The second-order valence-electron chi connectivity index (χ2n) is 22.1. The molecule has 0 amide bonds. The lowest BCUT2D eigenvalue weighted by Gasteiger charge is -2.25. The first kappa shape index (κ1) is 69.7. The lowest BCUT2D eigenvalue weighted by atomic mass is 9.90. The molecule has 0 aliphatic heterocycles. The highest BCUT2D eigenvalue weighted by molar-refractivity contribution is 7.81. The largest absolute Gasteiger partial charge is 0.493 e. The van der Waals surface area contributed by atoms with Crippen molar-refractivity contribution >= 4 is 138 Å².